The smallest absolute Gasteiger partial charge is 0.210 e. The van der Waals surface area contributed by atoms with Crippen LogP contribution in [0.1, 0.15) is 0 Å². The first kappa shape index (κ1) is 11.8. The number of rotatable bonds is 3. The highest BCUT2D eigenvalue weighted by Crippen LogP contribution is 2.28. The van der Waals surface area contributed by atoms with Gasteiger partial charge in [-0.2, -0.15) is 0 Å². The van der Waals surface area contributed by atoms with Crippen molar-refractivity contribution in [2.75, 3.05) is 12.4 Å². The Morgan fingerprint density at radius 2 is 2.06 bits per heavy atom. The molecule has 0 bridgehead atoms. The fourth-order valence-corrected chi connectivity index (χ4v) is 2.64. The van der Waals surface area contributed by atoms with Crippen molar-refractivity contribution in [3.8, 4) is 5.75 Å². The summed E-state index contributed by atoms with van der Waals surface area (Å²) in [5.74, 6) is 0.778. The van der Waals surface area contributed by atoms with Crippen LogP contribution in [0.2, 0.25) is 0 Å². The predicted octanol–water partition coefficient (Wildman–Crippen LogP) is 3.82. The van der Waals surface area contributed by atoms with E-state index < -0.39 is 0 Å². The minimum Gasteiger partial charge on any atom is -0.497 e. The second-order valence-electron chi connectivity index (χ2n) is 2.86. The van der Waals surface area contributed by atoms with E-state index in [1.54, 1.807) is 7.11 Å². The first-order valence-corrected chi connectivity index (χ1v) is 6.68. The van der Waals surface area contributed by atoms with Crippen molar-refractivity contribution in [1.29, 1.82) is 0 Å². The van der Waals surface area contributed by atoms with Crippen LogP contribution in [0.15, 0.2) is 26.6 Å². The van der Waals surface area contributed by atoms with Crippen molar-refractivity contribution in [1.82, 2.24) is 10.2 Å². The number of benzene rings is 1. The number of nitrogens with one attached hydrogen (secondary N) is 1. The van der Waals surface area contributed by atoms with Gasteiger partial charge in [0.15, 0.2) is 3.92 Å². The molecule has 0 aliphatic carbocycles. The van der Waals surface area contributed by atoms with Gasteiger partial charge in [0.2, 0.25) is 5.13 Å². The number of methoxy groups -OCH3 is 1. The monoisotopic (exact) mass is 363 g/mol. The number of aromatic nitrogens is 2. The standard InChI is InChI=1S/C9H7Br2N3OS/c1-15-7-3-5(10)2-6(4-7)12-9-14-13-8(11)16-9/h2-4H,1H3,(H,12,14). The first-order valence-electron chi connectivity index (χ1n) is 4.28. The predicted molar refractivity (Wildman–Crippen MR) is 71.6 cm³/mol. The number of hydrogen-bond donors (Lipinski definition) is 1. The van der Waals surface area contributed by atoms with Crippen molar-refractivity contribution in [3.05, 3.63) is 26.6 Å². The average molecular weight is 365 g/mol. The molecule has 2 aromatic rings. The minimum absolute atomic E-state index is 0.729. The highest BCUT2D eigenvalue weighted by molar-refractivity contribution is 9.11. The topological polar surface area (TPSA) is 47.0 Å². The van der Waals surface area contributed by atoms with Gasteiger partial charge in [-0.3, -0.25) is 0 Å². The fraction of sp³-hybridized carbons (Fsp3) is 0.111. The number of nitrogens with zero attached hydrogens (tertiary/aromatic N) is 2. The van der Waals surface area contributed by atoms with E-state index in [1.807, 2.05) is 18.2 Å². The van der Waals surface area contributed by atoms with Crippen molar-refractivity contribution in [2.24, 2.45) is 0 Å². The molecule has 0 spiro atoms. The molecule has 0 saturated carbocycles. The molecule has 16 heavy (non-hydrogen) atoms. The summed E-state index contributed by atoms with van der Waals surface area (Å²) < 4.78 is 6.86. The molecule has 0 aliphatic rings. The maximum absolute atomic E-state index is 5.17. The highest BCUT2D eigenvalue weighted by atomic mass is 79.9. The van der Waals surface area contributed by atoms with E-state index in [9.17, 15) is 0 Å². The van der Waals surface area contributed by atoms with Crippen LogP contribution >= 0.6 is 43.2 Å². The minimum atomic E-state index is 0.729. The zero-order valence-corrected chi connectivity index (χ0v) is 12.2. The highest BCUT2D eigenvalue weighted by Gasteiger charge is 2.04. The molecule has 0 atom stereocenters. The van der Waals surface area contributed by atoms with E-state index in [0.717, 1.165) is 25.0 Å². The van der Waals surface area contributed by atoms with E-state index in [0.29, 0.717) is 0 Å². The summed E-state index contributed by atoms with van der Waals surface area (Å²) in [6.45, 7) is 0. The zero-order chi connectivity index (χ0) is 11.5. The molecular formula is C9H7Br2N3OS. The Bertz CT molecular complexity index is 503. The van der Waals surface area contributed by atoms with Crippen LogP contribution < -0.4 is 10.1 Å². The number of hydrogen-bond acceptors (Lipinski definition) is 5. The van der Waals surface area contributed by atoms with Crippen molar-refractivity contribution in [2.45, 2.75) is 0 Å². The number of ether oxygens (including phenoxy) is 1. The number of anilines is 2. The molecule has 7 heteroatoms. The van der Waals surface area contributed by atoms with E-state index in [-0.39, 0.29) is 0 Å². The quantitative estimate of drug-likeness (QED) is 0.899. The van der Waals surface area contributed by atoms with Gasteiger partial charge in [0.05, 0.1) is 7.11 Å². The Hall–Kier alpha value is -0.660. The Morgan fingerprint density at radius 3 is 2.69 bits per heavy atom. The fourth-order valence-electron chi connectivity index (χ4n) is 1.13. The molecule has 1 aromatic carbocycles. The van der Waals surface area contributed by atoms with E-state index in [2.05, 4.69) is 47.4 Å². The molecule has 0 unspecified atom stereocenters. The summed E-state index contributed by atoms with van der Waals surface area (Å²) in [7, 11) is 1.63. The van der Waals surface area contributed by atoms with Gasteiger partial charge in [0.1, 0.15) is 5.75 Å². The van der Waals surface area contributed by atoms with Gasteiger partial charge in [-0.1, -0.05) is 27.3 Å². The molecule has 2 rings (SSSR count). The van der Waals surface area contributed by atoms with Gasteiger partial charge in [0, 0.05) is 16.2 Å². The maximum Gasteiger partial charge on any atom is 0.210 e. The summed E-state index contributed by atoms with van der Waals surface area (Å²) in [6.07, 6.45) is 0. The van der Waals surface area contributed by atoms with Gasteiger partial charge >= 0.3 is 0 Å². The van der Waals surface area contributed by atoms with E-state index >= 15 is 0 Å². The number of halogens is 2. The maximum atomic E-state index is 5.17. The molecule has 0 saturated heterocycles. The van der Waals surface area contributed by atoms with Crippen LogP contribution in [0, 0.1) is 0 Å². The Morgan fingerprint density at radius 1 is 1.25 bits per heavy atom. The molecule has 0 aliphatic heterocycles. The van der Waals surface area contributed by atoms with Crippen LogP contribution in [0.5, 0.6) is 5.75 Å². The lowest BCUT2D eigenvalue weighted by molar-refractivity contribution is 0.415. The third-order valence-corrected chi connectivity index (χ3v) is 3.49. The average Bonchev–Trinajstić information content (AvgIpc) is 2.63. The van der Waals surface area contributed by atoms with Crippen LogP contribution in [0.3, 0.4) is 0 Å². The molecule has 1 N–H and O–H groups in total. The van der Waals surface area contributed by atoms with Gasteiger partial charge in [-0.25, -0.2) is 0 Å². The van der Waals surface area contributed by atoms with Crippen LogP contribution in [-0.4, -0.2) is 17.3 Å². The molecule has 84 valence electrons. The van der Waals surface area contributed by atoms with Gasteiger partial charge in [0.25, 0.3) is 0 Å². The summed E-state index contributed by atoms with van der Waals surface area (Å²) in [5, 5.41) is 11.7. The van der Waals surface area contributed by atoms with Gasteiger partial charge < -0.3 is 10.1 Å². The van der Waals surface area contributed by atoms with Crippen molar-refractivity contribution in [3.63, 3.8) is 0 Å². The molecule has 0 fully saturated rings. The lowest BCUT2D eigenvalue weighted by Gasteiger charge is -2.06. The lowest BCUT2D eigenvalue weighted by Crippen LogP contribution is -1.91. The Balaban J connectivity index is 2.24. The molecule has 4 nitrogen and oxygen atoms in total. The molecule has 1 aromatic heterocycles. The van der Waals surface area contributed by atoms with Crippen LogP contribution in [0.25, 0.3) is 0 Å². The van der Waals surface area contributed by atoms with E-state index in [4.69, 9.17) is 4.74 Å². The largest absolute Gasteiger partial charge is 0.497 e. The second-order valence-corrected chi connectivity index (χ2v) is 6.03. The zero-order valence-electron chi connectivity index (χ0n) is 8.20. The third kappa shape index (κ3) is 2.93. The lowest BCUT2D eigenvalue weighted by atomic mass is 10.3. The Labute approximate surface area is 113 Å². The normalized spacial score (nSPS) is 10.2. The second kappa shape index (κ2) is 5.11. The van der Waals surface area contributed by atoms with Gasteiger partial charge in [-0.15, -0.1) is 10.2 Å². The summed E-state index contributed by atoms with van der Waals surface area (Å²) in [5.41, 5.74) is 0.898. The van der Waals surface area contributed by atoms with E-state index in [1.165, 1.54) is 11.3 Å². The molecule has 0 amide bonds. The summed E-state index contributed by atoms with van der Waals surface area (Å²) in [6, 6.07) is 5.72. The Kier molecular flexibility index (Phi) is 3.78. The van der Waals surface area contributed by atoms with Crippen LogP contribution in [0.4, 0.5) is 10.8 Å². The van der Waals surface area contributed by atoms with Crippen LogP contribution in [-0.2, 0) is 0 Å². The molecule has 0 radical (unpaired) electrons. The third-order valence-electron chi connectivity index (χ3n) is 1.76. The van der Waals surface area contributed by atoms with Crippen molar-refractivity contribution < 1.29 is 4.74 Å². The first-order chi connectivity index (χ1) is 7.67. The SMILES string of the molecule is COc1cc(Br)cc(Nc2nnc(Br)s2)c1. The molecule has 1 heterocycles. The summed E-state index contributed by atoms with van der Waals surface area (Å²) in [4.78, 5) is 0. The molecular weight excluding hydrogens is 358 g/mol. The van der Waals surface area contributed by atoms with Crippen molar-refractivity contribution >= 4 is 54.0 Å². The summed E-state index contributed by atoms with van der Waals surface area (Å²) >= 11 is 8.10. The van der Waals surface area contributed by atoms with Gasteiger partial charge in [-0.05, 0) is 28.1 Å².